The number of nitrogens with one attached hydrogen (secondary N) is 1. The molecule has 0 aliphatic heterocycles. The van der Waals surface area contributed by atoms with Crippen LogP contribution in [0.2, 0.25) is 10.0 Å². The van der Waals surface area contributed by atoms with Gasteiger partial charge in [0, 0.05) is 15.1 Å². The number of rotatable bonds is 7. The van der Waals surface area contributed by atoms with Gasteiger partial charge in [0.1, 0.15) is 16.4 Å². The van der Waals surface area contributed by atoms with E-state index in [1.165, 1.54) is 17.6 Å². The van der Waals surface area contributed by atoms with Gasteiger partial charge in [-0.15, -0.1) is 11.3 Å². The van der Waals surface area contributed by atoms with Crippen molar-refractivity contribution in [1.82, 2.24) is 5.43 Å². The van der Waals surface area contributed by atoms with Gasteiger partial charge in [0.15, 0.2) is 6.10 Å². The number of hydrogen-bond acceptors (Lipinski definition) is 6. The molecule has 1 amide bonds. The quantitative estimate of drug-likeness (QED) is 0.135. The Morgan fingerprint density at radius 2 is 1.76 bits per heavy atom. The summed E-state index contributed by atoms with van der Waals surface area (Å²) in [6.45, 7) is 1.61. The molecule has 0 saturated heterocycles. The van der Waals surface area contributed by atoms with E-state index in [4.69, 9.17) is 32.7 Å². The van der Waals surface area contributed by atoms with Crippen molar-refractivity contribution in [3.8, 4) is 11.5 Å². The molecule has 0 unspecified atom stereocenters. The first-order valence-corrected chi connectivity index (χ1v) is 11.7. The van der Waals surface area contributed by atoms with Crippen molar-refractivity contribution in [2.75, 3.05) is 0 Å². The molecule has 4 rings (SSSR count). The Kier molecular flexibility index (Phi) is 7.47. The van der Waals surface area contributed by atoms with Gasteiger partial charge in [-0.25, -0.2) is 10.2 Å². The molecule has 1 N–H and O–H groups in total. The second-order valence-corrected chi connectivity index (χ2v) is 9.02. The molecule has 1 heterocycles. The van der Waals surface area contributed by atoms with Gasteiger partial charge in [0.2, 0.25) is 0 Å². The molecule has 0 saturated carbocycles. The van der Waals surface area contributed by atoms with Crippen molar-refractivity contribution in [2.24, 2.45) is 5.10 Å². The van der Waals surface area contributed by atoms with Crippen LogP contribution in [-0.4, -0.2) is 24.2 Å². The summed E-state index contributed by atoms with van der Waals surface area (Å²) in [5.74, 6) is -0.118. The number of esters is 1. The van der Waals surface area contributed by atoms with Gasteiger partial charge in [-0.3, -0.25) is 4.79 Å². The number of benzene rings is 3. The zero-order chi connectivity index (χ0) is 24.1. The first kappa shape index (κ1) is 23.8. The molecule has 0 bridgehead atoms. The minimum Gasteiger partial charge on any atom is -0.481 e. The first-order valence-electron chi connectivity index (χ1n) is 10.1. The Hall–Kier alpha value is -3.39. The van der Waals surface area contributed by atoms with E-state index < -0.39 is 18.0 Å². The lowest BCUT2D eigenvalue weighted by atomic mass is 10.2. The number of hydrazone groups is 1. The Morgan fingerprint density at radius 1 is 1.00 bits per heavy atom. The van der Waals surface area contributed by atoms with Crippen molar-refractivity contribution in [3.05, 3.63) is 93.3 Å². The fraction of sp³-hybridized carbons (Fsp3) is 0.0800. The summed E-state index contributed by atoms with van der Waals surface area (Å²) in [5.41, 5.74) is 3.05. The molecule has 0 spiro atoms. The summed E-state index contributed by atoms with van der Waals surface area (Å²) in [5, 5.41) is 5.72. The molecule has 34 heavy (non-hydrogen) atoms. The highest BCUT2D eigenvalue weighted by Crippen LogP contribution is 2.35. The minimum absolute atomic E-state index is 0.327. The maximum absolute atomic E-state index is 12.7. The van der Waals surface area contributed by atoms with Crippen LogP contribution in [0, 0.1) is 0 Å². The number of carbonyl (C=O) groups is 2. The normalized spacial score (nSPS) is 12.0. The number of thiophene rings is 1. The average molecular weight is 513 g/mol. The molecule has 1 atom stereocenters. The summed E-state index contributed by atoms with van der Waals surface area (Å²) in [6, 6.07) is 21.0. The van der Waals surface area contributed by atoms with Crippen LogP contribution in [0.15, 0.2) is 77.9 Å². The number of nitrogens with zero attached hydrogens (tertiary/aromatic N) is 1. The van der Waals surface area contributed by atoms with Crippen molar-refractivity contribution < 1.29 is 19.1 Å². The van der Waals surface area contributed by atoms with E-state index in [9.17, 15) is 9.59 Å². The van der Waals surface area contributed by atoms with Crippen molar-refractivity contribution in [3.63, 3.8) is 0 Å². The summed E-state index contributed by atoms with van der Waals surface area (Å²) >= 11 is 13.5. The van der Waals surface area contributed by atoms with Gasteiger partial charge in [0.25, 0.3) is 5.91 Å². The lowest BCUT2D eigenvalue weighted by Gasteiger charge is -2.12. The SMILES string of the molecule is C[C@H](Oc1ccc(Cl)cc1)C(=O)N/N=C\c1cccc(OC(=O)c2sc3ccccc3c2Cl)c1. The van der Waals surface area contributed by atoms with Gasteiger partial charge in [-0.1, -0.05) is 53.5 Å². The lowest BCUT2D eigenvalue weighted by Crippen LogP contribution is -2.33. The molecule has 0 fully saturated rings. The van der Waals surface area contributed by atoms with Crippen molar-refractivity contribution >= 4 is 62.7 Å². The number of halogens is 2. The predicted octanol–water partition coefficient (Wildman–Crippen LogP) is 6.34. The van der Waals surface area contributed by atoms with Crippen molar-refractivity contribution in [2.45, 2.75) is 13.0 Å². The van der Waals surface area contributed by atoms with Crippen LogP contribution in [0.5, 0.6) is 11.5 Å². The topological polar surface area (TPSA) is 77.0 Å². The number of fused-ring (bicyclic) bond motifs is 1. The van der Waals surface area contributed by atoms with E-state index in [0.29, 0.717) is 32.0 Å². The summed E-state index contributed by atoms with van der Waals surface area (Å²) in [6.07, 6.45) is 0.674. The number of ether oxygens (including phenoxy) is 2. The molecular weight excluding hydrogens is 495 g/mol. The van der Waals surface area contributed by atoms with E-state index in [0.717, 1.165) is 10.1 Å². The third-order valence-electron chi connectivity index (χ3n) is 4.67. The van der Waals surface area contributed by atoms with Crippen LogP contribution in [0.3, 0.4) is 0 Å². The van der Waals surface area contributed by atoms with Gasteiger partial charge < -0.3 is 9.47 Å². The van der Waals surface area contributed by atoms with Crippen LogP contribution < -0.4 is 14.9 Å². The predicted molar refractivity (Wildman–Crippen MR) is 136 cm³/mol. The smallest absolute Gasteiger partial charge is 0.355 e. The third-order valence-corrected chi connectivity index (χ3v) is 6.58. The lowest BCUT2D eigenvalue weighted by molar-refractivity contribution is -0.127. The molecule has 172 valence electrons. The average Bonchev–Trinajstić information content (AvgIpc) is 3.17. The minimum atomic E-state index is -0.767. The molecule has 3 aromatic carbocycles. The monoisotopic (exact) mass is 512 g/mol. The summed E-state index contributed by atoms with van der Waals surface area (Å²) in [7, 11) is 0. The molecular formula is C25H18Cl2N2O4S. The fourth-order valence-electron chi connectivity index (χ4n) is 2.99. The highest BCUT2D eigenvalue weighted by molar-refractivity contribution is 7.21. The van der Waals surface area contributed by atoms with E-state index >= 15 is 0 Å². The number of carbonyl (C=O) groups excluding carboxylic acids is 2. The Balaban J connectivity index is 1.36. The van der Waals surface area contributed by atoms with Gasteiger partial charge in [0.05, 0.1) is 11.2 Å². The van der Waals surface area contributed by atoms with E-state index in [-0.39, 0.29) is 0 Å². The van der Waals surface area contributed by atoms with Crippen molar-refractivity contribution in [1.29, 1.82) is 0 Å². The van der Waals surface area contributed by atoms with Gasteiger partial charge >= 0.3 is 5.97 Å². The molecule has 4 aromatic rings. The van der Waals surface area contributed by atoms with Crippen LogP contribution in [0.25, 0.3) is 10.1 Å². The van der Waals surface area contributed by atoms with Crippen LogP contribution in [0.4, 0.5) is 0 Å². The Bertz CT molecular complexity index is 1370. The van der Waals surface area contributed by atoms with E-state index in [1.54, 1.807) is 55.5 Å². The zero-order valence-corrected chi connectivity index (χ0v) is 20.2. The number of hydrogen-bond donors (Lipinski definition) is 1. The second-order valence-electron chi connectivity index (χ2n) is 7.15. The first-order chi connectivity index (χ1) is 16.4. The summed E-state index contributed by atoms with van der Waals surface area (Å²) in [4.78, 5) is 25.2. The van der Waals surface area contributed by atoms with E-state index in [2.05, 4.69) is 10.5 Å². The van der Waals surface area contributed by atoms with Gasteiger partial charge in [-0.05, 0) is 55.0 Å². The zero-order valence-electron chi connectivity index (χ0n) is 17.8. The highest BCUT2D eigenvalue weighted by Gasteiger charge is 2.19. The van der Waals surface area contributed by atoms with Crippen LogP contribution >= 0.6 is 34.5 Å². The summed E-state index contributed by atoms with van der Waals surface area (Å²) < 4.78 is 12.0. The molecule has 6 nitrogen and oxygen atoms in total. The third kappa shape index (κ3) is 5.75. The molecule has 0 aliphatic carbocycles. The maximum atomic E-state index is 12.7. The molecule has 1 aromatic heterocycles. The van der Waals surface area contributed by atoms with Gasteiger partial charge in [-0.2, -0.15) is 5.10 Å². The van der Waals surface area contributed by atoms with Crippen LogP contribution in [-0.2, 0) is 4.79 Å². The standard InChI is InChI=1S/C25H18Cl2N2O4S/c1-15(32-18-11-9-17(26)10-12-18)24(30)29-28-14-16-5-4-6-19(13-16)33-25(31)23-22(27)20-7-2-3-8-21(20)34-23/h2-15H,1H3,(H,29,30)/b28-14-/t15-/m0/s1. The van der Waals surface area contributed by atoms with E-state index in [1.807, 2.05) is 24.3 Å². The Morgan fingerprint density at radius 3 is 2.53 bits per heavy atom. The Labute approximate surface area is 209 Å². The fourth-order valence-corrected chi connectivity index (χ4v) is 4.50. The molecule has 0 aliphatic rings. The number of amides is 1. The second kappa shape index (κ2) is 10.7. The van der Waals surface area contributed by atoms with Crippen LogP contribution in [0.1, 0.15) is 22.2 Å². The molecule has 0 radical (unpaired) electrons. The molecule has 9 heteroatoms. The highest BCUT2D eigenvalue weighted by atomic mass is 35.5. The maximum Gasteiger partial charge on any atom is 0.355 e. The largest absolute Gasteiger partial charge is 0.481 e.